The van der Waals surface area contributed by atoms with E-state index in [9.17, 15) is 18.0 Å². The Bertz CT molecular complexity index is 1320. The van der Waals surface area contributed by atoms with Gasteiger partial charge in [0, 0.05) is 18.7 Å². The predicted octanol–water partition coefficient (Wildman–Crippen LogP) is 4.05. The minimum Gasteiger partial charge on any atom is -0.451 e. The maximum Gasteiger partial charge on any atom is 0.290 e. The van der Waals surface area contributed by atoms with Gasteiger partial charge in [-0.25, -0.2) is 8.42 Å². The molecule has 32 heavy (non-hydrogen) atoms. The van der Waals surface area contributed by atoms with E-state index in [-0.39, 0.29) is 29.2 Å². The summed E-state index contributed by atoms with van der Waals surface area (Å²) in [5.74, 6) is -0.192. The molecule has 0 unspecified atom stereocenters. The molecule has 0 spiro atoms. The quantitative estimate of drug-likeness (QED) is 0.582. The van der Waals surface area contributed by atoms with E-state index in [1.54, 1.807) is 12.1 Å². The highest BCUT2D eigenvalue weighted by Crippen LogP contribution is 2.24. The number of sulfone groups is 1. The summed E-state index contributed by atoms with van der Waals surface area (Å²) < 4.78 is 30.1. The van der Waals surface area contributed by atoms with E-state index < -0.39 is 21.8 Å². The third-order valence-electron chi connectivity index (χ3n) is 6.00. The average molecular weight is 454 g/mol. The Morgan fingerprint density at radius 3 is 2.47 bits per heavy atom. The zero-order chi connectivity index (χ0) is 23.0. The Labute approximate surface area is 187 Å². The Kier molecular flexibility index (Phi) is 5.95. The van der Waals surface area contributed by atoms with Crippen molar-refractivity contribution in [2.24, 2.45) is 0 Å². The van der Waals surface area contributed by atoms with Crippen LogP contribution in [0.15, 0.2) is 57.7 Å². The first-order valence-corrected chi connectivity index (χ1v) is 12.6. The molecule has 6 nitrogen and oxygen atoms in total. The fourth-order valence-corrected chi connectivity index (χ4v) is 5.83. The van der Waals surface area contributed by atoms with Crippen molar-refractivity contribution in [1.29, 1.82) is 0 Å². The number of rotatable bonds is 5. The highest BCUT2D eigenvalue weighted by Gasteiger charge is 2.36. The molecule has 3 aromatic rings. The minimum atomic E-state index is -3.20. The smallest absolute Gasteiger partial charge is 0.290 e. The van der Waals surface area contributed by atoms with Crippen molar-refractivity contribution in [3.8, 4) is 0 Å². The fourth-order valence-electron chi connectivity index (χ4n) is 4.10. The molecule has 0 N–H and O–H groups in total. The van der Waals surface area contributed by atoms with E-state index in [4.69, 9.17) is 4.42 Å². The number of aryl methyl sites for hydroxylation is 1. The van der Waals surface area contributed by atoms with Crippen molar-refractivity contribution in [3.05, 3.63) is 81.2 Å². The number of carbonyl (C=O) groups excluding carboxylic acids is 1. The first kappa shape index (κ1) is 22.3. The third-order valence-corrected chi connectivity index (χ3v) is 7.76. The summed E-state index contributed by atoms with van der Waals surface area (Å²) in [4.78, 5) is 27.6. The number of fused-ring (bicyclic) bond motifs is 1. The molecule has 0 saturated carbocycles. The van der Waals surface area contributed by atoms with Gasteiger partial charge in [0.15, 0.2) is 21.0 Å². The second-order valence-electron chi connectivity index (χ2n) is 8.86. The van der Waals surface area contributed by atoms with E-state index in [2.05, 4.69) is 13.8 Å². The van der Waals surface area contributed by atoms with Gasteiger partial charge in [-0.2, -0.15) is 0 Å². The van der Waals surface area contributed by atoms with Gasteiger partial charge in [-0.3, -0.25) is 9.59 Å². The monoisotopic (exact) mass is 453 g/mol. The number of benzene rings is 2. The predicted molar refractivity (Wildman–Crippen MR) is 125 cm³/mol. The summed E-state index contributed by atoms with van der Waals surface area (Å²) in [6, 6.07) is 13.9. The van der Waals surface area contributed by atoms with Crippen LogP contribution in [-0.4, -0.2) is 36.8 Å². The second-order valence-corrected chi connectivity index (χ2v) is 11.1. The average Bonchev–Trinajstić information content (AvgIpc) is 3.10. The topological polar surface area (TPSA) is 84.7 Å². The molecule has 2 aromatic carbocycles. The van der Waals surface area contributed by atoms with E-state index in [1.807, 2.05) is 37.3 Å². The maximum absolute atomic E-state index is 13.5. The molecule has 1 atom stereocenters. The van der Waals surface area contributed by atoms with Crippen LogP contribution >= 0.6 is 0 Å². The maximum atomic E-state index is 13.5. The van der Waals surface area contributed by atoms with Crippen molar-refractivity contribution < 1.29 is 17.6 Å². The normalized spacial score (nSPS) is 17.7. The van der Waals surface area contributed by atoms with Crippen LogP contribution in [0, 0.1) is 6.92 Å². The van der Waals surface area contributed by atoms with Crippen LogP contribution in [0.3, 0.4) is 0 Å². The summed E-state index contributed by atoms with van der Waals surface area (Å²) >= 11 is 0. The molecule has 2 heterocycles. The molecule has 168 valence electrons. The zero-order valence-corrected chi connectivity index (χ0v) is 19.3. The minimum absolute atomic E-state index is 0.0502. The molecular formula is C25H27NO5S. The Morgan fingerprint density at radius 1 is 1.12 bits per heavy atom. The molecule has 0 bridgehead atoms. The molecule has 7 heteroatoms. The lowest BCUT2D eigenvalue weighted by Crippen LogP contribution is -2.40. The standard InChI is InChI=1S/C25H27NO5S/c1-16(2)19-7-5-18(6-8-19)14-26(20-10-11-32(29,30)15-20)25(28)24-13-22(27)21-9-4-17(3)12-23(21)31-24/h4-9,12-13,16,20H,10-11,14-15H2,1-3H3/t20-/m0/s1. The van der Waals surface area contributed by atoms with Gasteiger partial charge in [0.25, 0.3) is 5.91 Å². The molecule has 0 radical (unpaired) electrons. The summed E-state index contributed by atoms with van der Waals surface area (Å²) in [7, 11) is -3.20. The van der Waals surface area contributed by atoms with E-state index in [0.29, 0.717) is 23.3 Å². The van der Waals surface area contributed by atoms with Crippen LogP contribution in [-0.2, 0) is 16.4 Å². The zero-order valence-electron chi connectivity index (χ0n) is 18.5. The van der Waals surface area contributed by atoms with Crippen LogP contribution in [0.5, 0.6) is 0 Å². The Morgan fingerprint density at radius 2 is 1.84 bits per heavy atom. The summed E-state index contributed by atoms with van der Waals surface area (Å²) in [6.45, 7) is 6.34. The Hall–Kier alpha value is -2.93. The van der Waals surface area contributed by atoms with Crippen LogP contribution in [0.4, 0.5) is 0 Å². The molecule has 0 aliphatic carbocycles. The Balaban J connectivity index is 1.71. The number of amides is 1. The third kappa shape index (κ3) is 4.63. The first-order valence-electron chi connectivity index (χ1n) is 10.8. The molecule has 1 aliphatic rings. The molecule has 1 aromatic heterocycles. The molecule has 1 aliphatic heterocycles. The lowest BCUT2D eigenvalue weighted by molar-refractivity contribution is 0.0648. The van der Waals surface area contributed by atoms with Crippen LogP contribution in [0.25, 0.3) is 11.0 Å². The highest BCUT2D eigenvalue weighted by molar-refractivity contribution is 7.91. The van der Waals surface area contributed by atoms with Crippen molar-refractivity contribution in [1.82, 2.24) is 4.90 Å². The van der Waals surface area contributed by atoms with Gasteiger partial charge in [0.1, 0.15) is 5.58 Å². The van der Waals surface area contributed by atoms with Gasteiger partial charge in [-0.15, -0.1) is 0 Å². The summed E-state index contributed by atoms with van der Waals surface area (Å²) in [5.41, 5.74) is 3.04. The van der Waals surface area contributed by atoms with Crippen molar-refractivity contribution in [2.45, 2.75) is 45.7 Å². The number of nitrogens with zero attached hydrogens (tertiary/aromatic N) is 1. The second kappa shape index (κ2) is 8.54. The van der Waals surface area contributed by atoms with Gasteiger partial charge in [0.2, 0.25) is 0 Å². The lowest BCUT2D eigenvalue weighted by Gasteiger charge is -2.28. The van der Waals surface area contributed by atoms with Crippen LogP contribution < -0.4 is 5.43 Å². The van der Waals surface area contributed by atoms with Gasteiger partial charge in [-0.1, -0.05) is 44.2 Å². The largest absolute Gasteiger partial charge is 0.451 e. The van der Waals surface area contributed by atoms with Crippen LogP contribution in [0.2, 0.25) is 0 Å². The van der Waals surface area contributed by atoms with Crippen molar-refractivity contribution >= 4 is 26.7 Å². The fraction of sp³-hybridized carbons (Fsp3) is 0.360. The van der Waals surface area contributed by atoms with E-state index >= 15 is 0 Å². The molecule has 4 rings (SSSR count). The van der Waals surface area contributed by atoms with Gasteiger partial charge < -0.3 is 9.32 Å². The highest BCUT2D eigenvalue weighted by atomic mass is 32.2. The molecule has 1 amide bonds. The first-order chi connectivity index (χ1) is 15.1. The number of carbonyl (C=O) groups is 1. The SMILES string of the molecule is Cc1ccc2c(=O)cc(C(=O)N(Cc3ccc(C(C)C)cc3)[C@H]3CCS(=O)(=O)C3)oc2c1. The van der Waals surface area contributed by atoms with Gasteiger partial charge in [0.05, 0.1) is 16.9 Å². The van der Waals surface area contributed by atoms with E-state index in [0.717, 1.165) is 11.1 Å². The lowest BCUT2D eigenvalue weighted by atomic mass is 10.0. The molecular weight excluding hydrogens is 426 g/mol. The molecule has 1 fully saturated rings. The van der Waals surface area contributed by atoms with Crippen molar-refractivity contribution in [3.63, 3.8) is 0 Å². The summed E-state index contributed by atoms with van der Waals surface area (Å²) in [6.07, 6.45) is 0.370. The number of hydrogen-bond donors (Lipinski definition) is 0. The van der Waals surface area contributed by atoms with Gasteiger partial charge >= 0.3 is 0 Å². The van der Waals surface area contributed by atoms with Crippen LogP contribution in [0.1, 0.15) is 53.4 Å². The number of hydrogen-bond acceptors (Lipinski definition) is 5. The van der Waals surface area contributed by atoms with E-state index in [1.165, 1.54) is 16.5 Å². The van der Waals surface area contributed by atoms with Gasteiger partial charge in [-0.05, 0) is 48.1 Å². The summed E-state index contributed by atoms with van der Waals surface area (Å²) in [5, 5.41) is 0.409. The van der Waals surface area contributed by atoms with Crippen molar-refractivity contribution in [2.75, 3.05) is 11.5 Å². The molecule has 1 saturated heterocycles.